The van der Waals surface area contributed by atoms with Gasteiger partial charge in [-0.25, -0.2) is 4.39 Å². The first-order valence-electron chi connectivity index (χ1n) is 7.28. The molecule has 0 unspecified atom stereocenters. The predicted octanol–water partition coefficient (Wildman–Crippen LogP) is 3.21. The van der Waals surface area contributed by atoms with Crippen LogP contribution in [-0.2, 0) is 17.6 Å². The van der Waals surface area contributed by atoms with Crippen LogP contribution in [0.2, 0.25) is 0 Å². The van der Waals surface area contributed by atoms with Gasteiger partial charge in [0.2, 0.25) is 5.91 Å². The van der Waals surface area contributed by atoms with Crippen LogP contribution in [-0.4, -0.2) is 17.4 Å². The van der Waals surface area contributed by atoms with Gasteiger partial charge in [0.1, 0.15) is 5.82 Å². The summed E-state index contributed by atoms with van der Waals surface area (Å²) in [6, 6.07) is 14.5. The van der Waals surface area contributed by atoms with E-state index in [0.29, 0.717) is 24.9 Å². The maximum atomic E-state index is 13.5. The zero-order valence-electron chi connectivity index (χ0n) is 12.1. The molecule has 0 aliphatic heterocycles. The lowest BCUT2D eigenvalue weighted by molar-refractivity contribution is -0.120. The molecule has 0 aliphatic carbocycles. The third kappa shape index (κ3) is 3.34. The summed E-state index contributed by atoms with van der Waals surface area (Å²) in [7, 11) is 0. The summed E-state index contributed by atoms with van der Waals surface area (Å²) in [5.41, 5.74) is 2.60. The van der Waals surface area contributed by atoms with E-state index in [-0.39, 0.29) is 11.7 Å². The third-order valence-electron chi connectivity index (χ3n) is 3.66. The Morgan fingerprint density at radius 3 is 2.86 bits per heavy atom. The summed E-state index contributed by atoms with van der Waals surface area (Å²) in [4.78, 5) is 15.1. The largest absolute Gasteiger partial charge is 0.361 e. The molecule has 3 rings (SSSR count). The number of H-pyrrole nitrogens is 1. The van der Waals surface area contributed by atoms with Crippen LogP contribution in [0.4, 0.5) is 4.39 Å². The summed E-state index contributed by atoms with van der Waals surface area (Å²) in [6.07, 6.45) is 2.70. The molecule has 1 heterocycles. The van der Waals surface area contributed by atoms with Gasteiger partial charge in [0.25, 0.3) is 0 Å². The molecule has 1 aromatic heterocycles. The van der Waals surface area contributed by atoms with Gasteiger partial charge in [-0.05, 0) is 41.1 Å². The van der Waals surface area contributed by atoms with Crippen LogP contribution in [0.3, 0.4) is 0 Å². The smallest absolute Gasteiger partial charge is 0.224 e. The Labute approximate surface area is 128 Å². The van der Waals surface area contributed by atoms with Gasteiger partial charge in [0, 0.05) is 18.3 Å². The topological polar surface area (TPSA) is 44.9 Å². The van der Waals surface area contributed by atoms with Crippen molar-refractivity contribution in [2.24, 2.45) is 0 Å². The molecule has 0 fully saturated rings. The van der Waals surface area contributed by atoms with Crippen LogP contribution in [0.15, 0.2) is 54.7 Å². The minimum absolute atomic E-state index is 0.0535. The number of fused-ring (bicyclic) bond motifs is 1. The number of aromatic nitrogens is 1. The lowest BCUT2D eigenvalue weighted by Crippen LogP contribution is -2.27. The van der Waals surface area contributed by atoms with E-state index in [2.05, 4.69) is 10.3 Å². The maximum Gasteiger partial charge on any atom is 0.224 e. The van der Waals surface area contributed by atoms with Gasteiger partial charge in [0.05, 0.1) is 6.42 Å². The molecular weight excluding hydrogens is 279 g/mol. The van der Waals surface area contributed by atoms with Crippen LogP contribution >= 0.6 is 0 Å². The molecule has 0 saturated carbocycles. The Hall–Kier alpha value is -2.62. The number of carbonyl (C=O) groups excluding carboxylic acids is 1. The Kier molecular flexibility index (Phi) is 4.19. The molecule has 22 heavy (non-hydrogen) atoms. The van der Waals surface area contributed by atoms with E-state index in [9.17, 15) is 9.18 Å². The second-order valence-corrected chi connectivity index (χ2v) is 5.27. The molecule has 112 valence electrons. The van der Waals surface area contributed by atoms with Crippen molar-refractivity contribution >= 4 is 16.8 Å². The van der Waals surface area contributed by atoms with E-state index in [1.54, 1.807) is 18.2 Å². The van der Waals surface area contributed by atoms with Gasteiger partial charge in [-0.15, -0.1) is 0 Å². The Morgan fingerprint density at radius 2 is 2.00 bits per heavy atom. The molecule has 3 nitrogen and oxygen atoms in total. The van der Waals surface area contributed by atoms with Crippen LogP contribution in [0.5, 0.6) is 0 Å². The lowest BCUT2D eigenvalue weighted by atomic mass is 10.1. The Morgan fingerprint density at radius 1 is 1.14 bits per heavy atom. The number of hydrogen-bond acceptors (Lipinski definition) is 1. The van der Waals surface area contributed by atoms with Crippen LogP contribution < -0.4 is 5.32 Å². The number of amides is 1. The van der Waals surface area contributed by atoms with Gasteiger partial charge in [-0.3, -0.25) is 4.79 Å². The summed E-state index contributed by atoms with van der Waals surface area (Å²) in [6.45, 7) is 0.435. The number of aromatic amines is 1. The molecule has 0 aliphatic rings. The maximum absolute atomic E-state index is 13.5. The van der Waals surface area contributed by atoms with Crippen LogP contribution in [0, 0.1) is 5.82 Å². The second-order valence-electron chi connectivity index (χ2n) is 5.27. The molecule has 1 amide bonds. The fourth-order valence-corrected chi connectivity index (χ4v) is 2.49. The third-order valence-corrected chi connectivity index (χ3v) is 3.66. The highest BCUT2D eigenvalue weighted by atomic mass is 19.1. The molecule has 2 N–H and O–H groups in total. The molecule has 0 saturated heterocycles. The number of halogens is 1. The van der Waals surface area contributed by atoms with Gasteiger partial charge < -0.3 is 10.3 Å². The first-order valence-corrected chi connectivity index (χ1v) is 7.28. The van der Waals surface area contributed by atoms with Crippen molar-refractivity contribution in [1.82, 2.24) is 10.3 Å². The van der Waals surface area contributed by atoms with Gasteiger partial charge in [-0.1, -0.05) is 30.3 Å². The quantitative estimate of drug-likeness (QED) is 0.746. The van der Waals surface area contributed by atoms with E-state index in [1.807, 2.05) is 30.5 Å². The van der Waals surface area contributed by atoms with Crippen LogP contribution in [0.1, 0.15) is 11.1 Å². The predicted molar refractivity (Wildman–Crippen MR) is 85.1 cm³/mol. The van der Waals surface area contributed by atoms with Crippen molar-refractivity contribution in [3.8, 4) is 0 Å². The highest BCUT2D eigenvalue weighted by molar-refractivity contribution is 5.83. The van der Waals surface area contributed by atoms with E-state index in [4.69, 9.17) is 0 Å². The molecule has 3 aromatic rings. The first kappa shape index (κ1) is 14.3. The van der Waals surface area contributed by atoms with Crippen molar-refractivity contribution in [1.29, 1.82) is 0 Å². The van der Waals surface area contributed by atoms with Crippen molar-refractivity contribution in [2.45, 2.75) is 12.8 Å². The molecular formula is C18H17FN2O. The molecule has 4 heteroatoms. The van der Waals surface area contributed by atoms with Crippen LogP contribution in [0.25, 0.3) is 10.9 Å². The zero-order chi connectivity index (χ0) is 15.4. The van der Waals surface area contributed by atoms with E-state index in [0.717, 1.165) is 16.5 Å². The minimum atomic E-state index is -0.228. The van der Waals surface area contributed by atoms with Gasteiger partial charge in [-0.2, -0.15) is 0 Å². The molecule has 2 aromatic carbocycles. The molecule has 0 spiro atoms. The van der Waals surface area contributed by atoms with E-state index >= 15 is 0 Å². The lowest BCUT2D eigenvalue weighted by Gasteiger charge is -2.06. The molecule has 0 atom stereocenters. The summed E-state index contributed by atoms with van der Waals surface area (Å²) >= 11 is 0. The zero-order valence-corrected chi connectivity index (χ0v) is 12.1. The Bertz CT molecular complexity index is 794. The van der Waals surface area contributed by atoms with Crippen molar-refractivity contribution in [3.05, 3.63) is 71.7 Å². The first-order chi connectivity index (χ1) is 10.7. The SMILES string of the molecule is O=C(Cc1ccc2cc[nH]c2c1)NCCc1ccccc1F. The van der Waals surface area contributed by atoms with Gasteiger partial charge in [0.15, 0.2) is 0 Å². The standard InChI is InChI=1S/C18H17FN2O/c19-16-4-2-1-3-14(16)7-10-21-18(22)12-13-5-6-15-8-9-20-17(15)11-13/h1-6,8-9,11,20H,7,10,12H2,(H,21,22). The number of carbonyl (C=O) groups is 1. The summed E-state index contributed by atoms with van der Waals surface area (Å²) < 4.78 is 13.5. The van der Waals surface area contributed by atoms with E-state index < -0.39 is 0 Å². The van der Waals surface area contributed by atoms with E-state index in [1.165, 1.54) is 6.07 Å². The molecule has 0 radical (unpaired) electrons. The summed E-state index contributed by atoms with van der Waals surface area (Å²) in [5, 5.41) is 3.96. The van der Waals surface area contributed by atoms with Crippen molar-refractivity contribution in [3.63, 3.8) is 0 Å². The second kappa shape index (κ2) is 6.43. The normalized spacial score (nSPS) is 10.8. The highest BCUT2D eigenvalue weighted by Crippen LogP contribution is 2.14. The van der Waals surface area contributed by atoms with Gasteiger partial charge >= 0.3 is 0 Å². The van der Waals surface area contributed by atoms with Crippen molar-refractivity contribution < 1.29 is 9.18 Å². The van der Waals surface area contributed by atoms with Crippen molar-refractivity contribution in [2.75, 3.05) is 6.54 Å². The monoisotopic (exact) mass is 296 g/mol. The number of nitrogens with one attached hydrogen (secondary N) is 2. The number of benzene rings is 2. The molecule has 0 bridgehead atoms. The fraction of sp³-hybridized carbons (Fsp3) is 0.167. The average molecular weight is 296 g/mol. The fourth-order valence-electron chi connectivity index (χ4n) is 2.49. The number of hydrogen-bond donors (Lipinski definition) is 2. The number of rotatable bonds is 5. The summed E-state index contributed by atoms with van der Waals surface area (Å²) in [5.74, 6) is -0.281. The Balaban J connectivity index is 1.53. The minimum Gasteiger partial charge on any atom is -0.361 e. The highest BCUT2D eigenvalue weighted by Gasteiger charge is 2.06. The average Bonchev–Trinajstić information content (AvgIpc) is 2.97.